The van der Waals surface area contributed by atoms with Crippen LogP contribution in [0.4, 0.5) is 4.79 Å². The summed E-state index contributed by atoms with van der Waals surface area (Å²) in [6, 6.07) is 25.4. The summed E-state index contributed by atoms with van der Waals surface area (Å²) < 4.78 is 17.7. The Hall–Kier alpha value is -3.06. The highest BCUT2D eigenvalue weighted by molar-refractivity contribution is 6.30. The molecule has 3 aromatic rings. The average molecular weight is 510 g/mol. The van der Waals surface area contributed by atoms with Crippen molar-refractivity contribution in [3.8, 4) is 11.5 Å². The van der Waals surface area contributed by atoms with Crippen LogP contribution >= 0.6 is 11.6 Å². The van der Waals surface area contributed by atoms with Crippen LogP contribution in [0.2, 0.25) is 5.02 Å². The van der Waals surface area contributed by atoms with E-state index in [-0.39, 0.29) is 12.0 Å². The Balaban J connectivity index is 1.44. The molecule has 36 heavy (non-hydrogen) atoms. The molecule has 1 saturated heterocycles. The van der Waals surface area contributed by atoms with Gasteiger partial charge in [-0.15, -0.1) is 5.06 Å². The van der Waals surface area contributed by atoms with E-state index in [0.717, 1.165) is 29.0 Å². The Labute approximate surface area is 217 Å². The summed E-state index contributed by atoms with van der Waals surface area (Å²) in [4.78, 5) is 17.7. The van der Waals surface area contributed by atoms with Gasteiger partial charge in [0, 0.05) is 17.5 Å². The van der Waals surface area contributed by atoms with Crippen molar-refractivity contribution in [3.05, 3.63) is 95.0 Å². The number of nitrogens with zero attached hydrogens (tertiary/aromatic N) is 1. The first-order valence-corrected chi connectivity index (χ1v) is 12.5. The Morgan fingerprint density at radius 2 is 1.69 bits per heavy atom. The van der Waals surface area contributed by atoms with E-state index in [2.05, 4.69) is 0 Å². The van der Waals surface area contributed by atoms with E-state index >= 15 is 0 Å². The Kier molecular flexibility index (Phi) is 8.52. The number of halogens is 1. The van der Waals surface area contributed by atoms with E-state index in [1.807, 2.05) is 99.6 Å². The second kappa shape index (κ2) is 11.8. The number of para-hydroxylation sites is 1. The molecule has 3 aromatic carbocycles. The topological polar surface area (TPSA) is 57.2 Å². The van der Waals surface area contributed by atoms with Crippen LogP contribution in [0.15, 0.2) is 78.9 Å². The number of rotatable bonds is 7. The van der Waals surface area contributed by atoms with Crippen molar-refractivity contribution in [3.63, 3.8) is 0 Å². The monoisotopic (exact) mass is 509 g/mol. The molecule has 0 N–H and O–H groups in total. The van der Waals surface area contributed by atoms with Gasteiger partial charge >= 0.3 is 6.16 Å². The van der Waals surface area contributed by atoms with E-state index in [9.17, 15) is 4.79 Å². The number of piperidine rings is 1. The van der Waals surface area contributed by atoms with Gasteiger partial charge in [0.1, 0.15) is 17.1 Å². The van der Waals surface area contributed by atoms with Crippen LogP contribution < -0.4 is 4.74 Å². The average Bonchev–Trinajstić information content (AvgIpc) is 2.83. The van der Waals surface area contributed by atoms with Gasteiger partial charge in [-0.3, -0.25) is 0 Å². The van der Waals surface area contributed by atoms with Crippen LogP contribution in [-0.4, -0.2) is 36.0 Å². The molecule has 0 spiro atoms. The van der Waals surface area contributed by atoms with Crippen LogP contribution in [0.25, 0.3) is 0 Å². The minimum absolute atomic E-state index is 0.129. The van der Waals surface area contributed by atoms with Crippen LogP contribution in [0, 0.1) is 0 Å². The molecule has 1 aliphatic rings. The van der Waals surface area contributed by atoms with Gasteiger partial charge in [0.05, 0.1) is 19.3 Å². The molecule has 0 aliphatic carbocycles. The van der Waals surface area contributed by atoms with Crippen molar-refractivity contribution in [2.75, 3.05) is 13.1 Å². The van der Waals surface area contributed by atoms with Gasteiger partial charge in [-0.05, 0) is 74.7 Å². The Morgan fingerprint density at radius 3 is 2.42 bits per heavy atom. The van der Waals surface area contributed by atoms with E-state index in [4.69, 9.17) is 30.6 Å². The van der Waals surface area contributed by atoms with E-state index in [1.54, 1.807) is 5.06 Å². The third-order valence-corrected chi connectivity index (χ3v) is 6.01. The standard InChI is InChI=1S/C29H32ClNO5/c1-29(2,3)35-28(32)36-31-17-16-26(22-12-14-23(30)15-13-22)27(19-31)33-20-21-8-7-11-25(18-21)34-24-9-5-4-6-10-24/h4-15,18,26-27H,16-17,19-20H2,1-3H3. The Morgan fingerprint density at radius 1 is 0.972 bits per heavy atom. The first kappa shape index (κ1) is 26.0. The summed E-state index contributed by atoms with van der Waals surface area (Å²) in [6.07, 6.45) is -0.162. The summed E-state index contributed by atoms with van der Waals surface area (Å²) in [5.41, 5.74) is 1.51. The molecule has 7 heteroatoms. The van der Waals surface area contributed by atoms with Gasteiger partial charge < -0.3 is 19.0 Å². The minimum atomic E-state index is -0.711. The number of hydroxylamine groups is 2. The summed E-state index contributed by atoms with van der Waals surface area (Å²) in [6.45, 7) is 6.81. The fraction of sp³-hybridized carbons (Fsp3) is 0.345. The van der Waals surface area contributed by atoms with Crippen molar-refractivity contribution in [1.29, 1.82) is 0 Å². The maximum absolute atomic E-state index is 12.2. The number of carbonyl (C=O) groups is 1. The largest absolute Gasteiger partial charge is 0.528 e. The summed E-state index contributed by atoms with van der Waals surface area (Å²) >= 11 is 6.11. The molecule has 0 saturated carbocycles. The molecule has 1 aliphatic heterocycles. The zero-order valence-corrected chi connectivity index (χ0v) is 21.6. The normalized spacial score (nSPS) is 18.4. The third-order valence-electron chi connectivity index (χ3n) is 5.75. The lowest BCUT2D eigenvalue weighted by atomic mass is 9.87. The second-order valence-electron chi connectivity index (χ2n) is 9.80. The molecule has 2 unspecified atom stereocenters. The third kappa shape index (κ3) is 7.72. The van der Waals surface area contributed by atoms with Crippen molar-refractivity contribution in [1.82, 2.24) is 5.06 Å². The molecule has 2 atom stereocenters. The zero-order valence-electron chi connectivity index (χ0n) is 20.9. The van der Waals surface area contributed by atoms with Crippen molar-refractivity contribution >= 4 is 17.8 Å². The Bertz CT molecular complexity index is 1130. The molecule has 6 nitrogen and oxygen atoms in total. The highest BCUT2D eigenvalue weighted by Crippen LogP contribution is 2.32. The molecule has 1 fully saturated rings. The number of hydrogen-bond acceptors (Lipinski definition) is 6. The van der Waals surface area contributed by atoms with Gasteiger partial charge in [0.15, 0.2) is 0 Å². The number of carbonyl (C=O) groups excluding carboxylic acids is 1. The zero-order chi connectivity index (χ0) is 25.5. The predicted molar refractivity (Wildman–Crippen MR) is 139 cm³/mol. The molecular weight excluding hydrogens is 478 g/mol. The highest BCUT2D eigenvalue weighted by Gasteiger charge is 2.34. The van der Waals surface area contributed by atoms with E-state index in [0.29, 0.717) is 24.7 Å². The summed E-state index contributed by atoms with van der Waals surface area (Å²) in [5, 5.41) is 2.32. The van der Waals surface area contributed by atoms with Gasteiger partial charge in [-0.2, -0.15) is 0 Å². The van der Waals surface area contributed by atoms with Crippen molar-refractivity contribution < 1.29 is 23.8 Å². The quantitative estimate of drug-likeness (QED) is 0.310. The van der Waals surface area contributed by atoms with Gasteiger partial charge in [0.25, 0.3) is 0 Å². The van der Waals surface area contributed by atoms with Gasteiger partial charge in [0.2, 0.25) is 0 Å². The summed E-state index contributed by atoms with van der Waals surface area (Å²) in [5.74, 6) is 1.65. The first-order valence-electron chi connectivity index (χ1n) is 12.1. The van der Waals surface area contributed by atoms with Crippen LogP contribution in [-0.2, 0) is 20.9 Å². The number of benzene rings is 3. The lowest BCUT2D eigenvalue weighted by Crippen LogP contribution is -2.45. The SMILES string of the molecule is CC(C)(C)OC(=O)ON1CCC(c2ccc(Cl)cc2)C(OCc2cccc(Oc3ccccc3)c2)C1. The first-order chi connectivity index (χ1) is 17.2. The maximum Gasteiger partial charge on any atom is 0.528 e. The molecule has 0 radical (unpaired) electrons. The fourth-order valence-electron chi connectivity index (χ4n) is 4.13. The predicted octanol–water partition coefficient (Wildman–Crippen LogP) is 7.37. The molecule has 4 rings (SSSR count). The van der Waals surface area contributed by atoms with Crippen molar-refractivity contribution in [2.45, 2.75) is 51.4 Å². The molecule has 0 aromatic heterocycles. The van der Waals surface area contributed by atoms with E-state index < -0.39 is 11.8 Å². The fourth-order valence-corrected chi connectivity index (χ4v) is 4.26. The minimum Gasteiger partial charge on any atom is -0.457 e. The molecule has 190 valence electrons. The lowest BCUT2D eigenvalue weighted by Gasteiger charge is -2.37. The maximum atomic E-state index is 12.2. The molecule has 0 bridgehead atoms. The van der Waals surface area contributed by atoms with E-state index in [1.165, 1.54) is 0 Å². The van der Waals surface area contributed by atoms with Crippen LogP contribution in [0.3, 0.4) is 0 Å². The highest BCUT2D eigenvalue weighted by atomic mass is 35.5. The van der Waals surface area contributed by atoms with Gasteiger partial charge in [-0.1, -0.05) is 54.1 Å². The van der Waals surface area contributed by atoms with Crippen molar-refractivity contribution in [2.24, 2.45) is 0 Å². The summed E-state index contributed by atoms with van der Waals surface area (Å²) in [7, 11) is 0. The smallest absolute Gasteiger partial charge is 0.457 e. The van der Waals surface area contributed by atoms with Gasteiger partial charge in [-0.25, -0.2) is 4.79 Å². The lowest BCUT2D eigenvalue weighted by molar-refractivity contribution is -0.179. The number of hydrogen-bond donors (Lipinski definition) is 0. The van der Waals surface area contributed by atoms with Crippen LogP contribution in [0.5, 0.6) is 11.5 Å². The molecular formula is C29H32ClNO5. The number of ether oxygens (including phenoxy) is 3. The molecule has 0 amide bonds. The van der Waals surface area contributed by atoms with Crippen LogP contribution in [0.1, 0.15) is 44.2 Å². The molecule has 1 heterocycles. The second-order valence-corrected chi connectivity index (χ2v) is 10.2.